The van der Waals surface area contributed by atoms with Crippen LogP contribution in [0.2, 0.25) is 0 Å². The van der Waals surface area contributed by atoms with Gasteiger partial charge in [-0.25, -0.2) is 4.79 Å². The predicted octanol–water partition coefficient (Wildman–Crippen LogP) is 3.11. The molecular weight excluding hydrogens is 260 g/mol. The van der Waals surface area contributed by atoms with E-state index in [9.17, 15) is 9.59 Å². The maximum Gasteiger partial charge on any atom is 0.412 e. The lowest BCUT2D eigenvalue weighted by atomic mass is 10.1. The van der Waals surface area contributed by atoms with Crippen LogP contribution in [0.25, 0.3) is 0 Å². The number of anilines is 1. The molecular formula is C14H14N2O4. The molecule has 0 saturated heterocycles. The summed E-state index contributed by atoms with van der Waals surface area (Å²) in [5.74, 6) is -0.0354. The van der Waals surface area contributed by atoms with Gasteiger partial charge < -0.3 is 9.26 Å². The standard InChI is InChI=1S/C14H14N2O4/c1-9-13(12(8-17)20-16-9)15-14(18)19-10(2)11-6-4-3-5-7-11/h3-8,10H,1-2H3,(H,15,18). The van der Waals surface area contributed by atoms with Gasteiger partial charge in [-0.3, -0.25) is 10.1 Å². The van der Waals surface area contributed by atoms with Gasteiger partial charge in [-0.2, -0.15) is 0 Å². The van der Waals surface area contributed by atoms with E-state index in [0.717, 1.165) is 5.56 Å². The molecule has 1 amide bonds. The molecule has 0 radical (unpaired) electrons. The first kappa shape index (κ1) is 13.8. The van der Waals surface area contributed by atoms with Crippen LogP contribution in [0, 0.1) is 6.92 Å². The number of rotatable bonds is 4. The van der Waals surface area contributed by atoms with Crippen LogP contribution in [0.5, 0.6) is 0 Å². The third-order valence-corrected chi connectivity index (χ3v) is 2.78. The van der Waals surface area contributed by atoms with Gasteiger partial charge in [0, 0.05) is 0 Å². The number of nitrogens with zero attached hydrogens (tertiary/aromatic N) is 1. The third-order valence-electron chi connectivity index (χ3n) is 2.78. The van der Waals surface area contributed by atoms with Gasteiger partial charge >= 0.3 is 6.09 Å². The number of aromatic nitrogens is 1. The number of hydrogen-bond donors (Lipinski definition) is 1. The van der Waals surface area contributed by atoms with Crippen LogP contribution in [0.15, 0.2) is 34.9 Å². The summed E-state index contributed by atoms with van der Waals surface area (Å²) < 4.78 is 9.98. The minimum atomic E-state index is -0.671. The van der Waals surface area contributed by atoms with Crippen LogP contribution in [0.4, 0.5) is 10.5 Å². The zero-order valence-electron chi connectivity index (χ0n) is 11.1. The first-order valence-electron chi connectivity index (χ1n) is 6.06. The first-order valence-corrected chi connectivity index (χ1v) is 6.06. The normalized spacial score (nSPS) is 11.7. The van der Waals surface area contributed by atoms with E-state index in [1.165, 1.54) is 0 Å². The summed E-state index contributed by atoms with van der Waals surface area (Å²) >= 11 is 0. The minimum Gasteiger partial charge on any atom is -0.441 e. The van der Waals surface area contributed by atoms with Crippen molar-refractivity contribution < 1.29 is 18.8 Å². The fourth-order valence-electron chi connectivity index (χ4n) is 1.70. The lowest BCUT2D eigenvalue weighted by Gasteiger charge is -2.13. The van der Waals surface area contributed by atoms with Crippen LogP contribution < -0.4 is 5.32 Å². The number of benzene rings is 1. The lowest BCUT2D eigenvalue weighted by Crippen LogP contribution is -2.17. The van der Waals surface area contributed by atoms with Crippen LogP contribution in [-0.4, -0.2) is 17.5 Å². The second-order valence-electron chi connectivity index (χ2n) is 4.21. The van der Waals surface area contributed by atoms with E-state index < -0.39 is 12.2 Å². The number of hydrogen-bond acceptors (Lipinski definition) is 5. The van der Waals surface area contributed by atoms with Crippen molar-refractivity contribution in [2.75, 3.05) is 5.32 Å². The second-order valence-corrected chi connectivity index (χ2v) is 4.21. The average molecular weight is 274 g/mol. The van der Waals surface area contributed by atoms with Crippen LogP contribution in [0.3, 0.4) is 0 Å². The number of carbonyl (C=O) groups is 2. The van der Waals surface area contributed by atoms with Crippen molar-refractivity contribution in [2.45, 2.75) is 20.0 Å². The molecule has 6 heteroatoms. The van der Waals surface area contributed by atoms with E-state index in [1.807, 2.05) is 30.3 Å². The molecule has 20 heavy (non-hydrogen) atoms. The topological polar surface area (TPSA) is 81.4 Å². The van der Waals surface area contributed by atoms with E-state index in [4.69, 9.17) is 9.26 Å². The molecule has 1 aromatic carbocycles. The fraction of sp³-hybridized carbons (Fsp3) is 0.214. The average Bonchev–Trinajstić information content (AvgIpc) is 2.80. The maximum atomic E-state index is 11.8. The molecule has 2 aromatic rings. The summed E-state index contributed by atoms with van der Waals surface area (Å²) in [4.78, 5) is 22.5. The highest BCUT2D eigenvalue weighted by molar-refractivity contribution is 5.92. The highest BCUT2D eigenvalue weighted by Crippen LogP contribution is 2.21. The maximum absolute atomic E-state index is 11.8. The second kappa shape index (κ2) is 6.01. The summed E-state index contributed by atoms with van der Waals surface area (Å²) in [7, 11) is 0. The lowest BCUT2D eigenvalue weighted by molar-refractivity contribution is 0.109. The Morgan fingerprint density at radius 1 is 1.40 bits per heavy atom. The van der Waals surface area contributed by atoms with E-state index in [-0.39, 0.29) is 11.4 Å². The highest BCUT2D eigenvalue weighted by Gasteiger charge is 2.17. The zero-order valence-corrected chi connectivity index (χ0v) is 11.1. The van der Waals surface area contributed by atoms with Crippen LogP contribution in [0.1, 0.15) is 34.8 Å². The molecule has 0 aliphatic carbocycles. The summed E-state index contributed by atoms with van der Waals surface area (Å²) in [6.45, 7) is 3.38. The van der Waals surface area contributed by atoms with E-state index >= 15 is 0 Å². The van der Waals surface area contributed by atoms with Gasteiger partial charge in [-0.05, 0) is 19.4 Å². The molecule has 0 bridgehead atoms. The number of amides is 1. The van der Waals surface area contributed by atoms with Crippen molar-refractivity contribution >= 4 is 18.1 Å². The van der Waals surface area contributed by atoms with Gasteiger partial charge in [0.25, 0.3) is 0 Å². The smallest absolute Gasteiger partial charge is 0.412 e. The summed E-state index contributed by atoms with van der Waals surface area (Å²) in [5.41, 5.74) is 1.52. The third kappa shape index (κ3) is 3.03. The molecule has 2 rings (SSSR count). The number of aryl methyl sites for hydroxylation is 1. The van der Waals surface area contributed by atoms with Crippen molar-refractivity contribution in [1.29, 1.82) is 0 Å². The molecule has 0 aliphatic rings. The Kier molecular flexibility index (Phi) is 4.14. The molecule has 0 fully saturated rings. The quantitative estimate of drug-likeness (QED) is 0.866. The number of nitrogens with one attached hydrogen (secondary N) is 1. The van der Waals surface area contributed by atoms with Gasteiger partial charge in [-0.15, -0.1) is 0 Å². The van der Waals surface area contributed by atoms with Gasteiger partial charge in [0.1, 0.15) is 17.5 Å². The Bertz CT molecular complexity index is 607. The Morgan fingerprint density at radius 3 is 2.75 bits per heavy atom. The predicted molar refractivity (Wildman–Crippen MR) is 71.6 cm³/mol. The SMILES string of the molecule is Cc1noc(C=O)c1NC(=O)OC(C)c1ccccc1. The van der Waals surface area contributed by atoms with Crippen LogP contribution in [-0.2, 0) is 4.74 Å². The van der Waals surface area contributed by atoms with Crippen LogP contribution >= 0.6 is 0 Å². The van der Waals surface area contributed by atoms with Gasteiger partial charge in [0.15, 0.2) is 6.29 Å². The minimum absolute atomic E-state index is 0.0354. The van der Waals surface area contributed by atoms with E-state index in [1.54, 1.807) is 13.8 Å². The molecule has 0 aliphatic heterocycles. The zero-order chi connectivity index (χ0) is 14.5. The molecule has 0 spiro atoms. The molecule has 1 N–H and O–H groups in total. The number of carbonyl (C=O) groups excluding carboxylic acids is 2. The molecule has 1 unspecified atom stereocenters. The number of aldehydes is 1. The van der Waals surface area contributed by atoms with Gasteiger partial charge in [0.2, 0.25) is 5.76 Å². The molecule has 104 valence electrons. The Hall–Kier alpha value is -2.63. The van der Waals surface area contributed by atoms with Crippen molar-refractivity contribution in [3.63, 3.8) is 0 Å². The number of ether oxygens (including phenoxy) is 1. The molecule has 1 atom stereocenters. The van der Waals surface area contributed by atoms with Crippen molar-refractivity contribution in [3.8, 4) is 0 Å². The summed E-state index contributed by atoms with van der Waals surface area (Å²) in [6, 6.07) is 9.33. The molecule has 0 saturated carbocycles. The Morgan fingerprint density at radius 2 is 2.10 bits per heavy atom. The monoisotopic (exact) mass is 274 g/mol. The van der Waals surface area contributed by atoms with Gasteiger partial charge in [0.05, 0.1) is 0 Å². The largest absolute Gasteiger partial charge is 0.441 e. The molecule has 6 nitrogen and oxygen atoms in total. The molecule has 1 heterocycles. The van der Waals surface area contributed by atoms with E-state index in [2.05, 4.69) is 10.5 Å². The Balaban J connectivity index is 2.02. The summed E-state index contributed by atoms with van der Waals surface area (Å²) in [6.07, 6.45) is -0.595. The van der Waals surface area contributed by atoms with Crippen molar-refractivity contribution in [3.05, 3.63) is 47.3 Å². The fourth-order valence-corrected chi connectivity index (χ4v) is 1.70. The van der Waals surface area contributed by atoms with Crippen molar-refractivity contribution in [2.24, 2.45) is 0 Å². The summed E-state index contributed by atoms with van der Waals surface area (Å²) in [5, 5.41) is 6.06. The van der Waals surface area contributed by atoms with Crippen molar-refractivity contribution in [1.82, 2.24) is 5.16 Å². The van der Waals surface area contributed by atoms with E-state index in [0.29, 0.717) is 12.0 Å². The molecule has 1 aromatic heterocycles. The van der Waals surface area contributed by atoms with Gasteiger partial charge in [-0.1, -0.05) is 35.5 Å². The Labute approximate surface area is 115 Å². The highest BCUT2D eigenvalue weighted by atomic mass is 16.6. The first-order chi connectivity index (χ1) is 9.61.